The fraction of sp³-hybridized carbons (Fsp3) is 0.185. The second-order valence-corrected chi connectivity index (χ2v) is 7.89. The zero-order chi connectivity index (χ0) is 23.2. The van der Waals surface area contributed by atoms with Crippen molar-refractivity contribution in [3.05, 3.63) is 113 Å². The smallest absolute Gasteiger partial charge is 0.239 e. The molecule has 6 nitrogen and oxygen atoms in total. The first-order chi connectivity index (χ1) is 16.1. The number of nitrogens with one attached hydrogen (secondary N) is 2. The number of benzene rings is 2. The summed E-state index contributed by atoms with van der Waals surface area (Å²) in [7, 11) is 0. The lowest BCUT2D eigenvalue weighted by atomic mass is 9.99. The van der Waals surface area contributed by atoms with Crippen molar-refractivity contribution < 1.29 is 9.21 Å². The molecule has 4 rings (SSSR count). The van der Waals surface area contributed by atoms with Gasteiger partial charge in [0.15, 0.2) is 0 Å². The maximum Gasteiger partial charge on any atom is 0.239 e. The lowest BCUT2D eigenvalue weighted by Gasteiger charge is -2.20. The highest BCUT2D eigenvalue weighted by molar-refractivity contribution is 5.93. The van der Waals surface area contributed by atoms with Crippen LogP contribution >= 0.6 is 0 Å². The van der Waals surface area contributed by atoms with Crippen molar-refractivity contribution in [3.8, 4) is 6.07 Å². The minimum atomic E-state index is -0.221. The van der Waals surface area contributed by atoms with E-state index in [1.54, 1.807) is 6.26 Å². The molecule has 0 aliphatic heterocycles. The summed E-state index contributed by atoms with van der Waals surface area (Å²) in [5, 5.41) is 16.1. The fourth-order valence-electron chi connectivity index (χ4n) is 3.98. The van der Waals surface area contributed by atoms with Crippen LogP contribution in [0.1, 0.15) is 39.7 Å². The van der Waals surface area contributed by atoms with Crippen molar-refractivity contribution in [2.24, 2.45) is 0 Å². The number of nitriles is 1. The minimum absolute atomic E-state index is 0.0867. The summed E-state index contributed by atoms with van der Waals surface area (Å²) in [6.45, 7) is 4.35. The molecule has 4 aromatic rings. The summed E-state index contributed by atoms with van der Waals surface area (Å²) in [5.41, 5.74) is 4.37. The third-order valence-corrected chi connectivity index (χ3v) is 5.83. The maximum atomic E-state index is 13.0. The van der Waals surface area contributed by atoms with E-state index in [2.05, 4.69) is 16.7 Å². The molecule has 1 amide bonds. The van der Waals surface area contributed by atoms with E-state index in [0.29, 0.717) is 17.9 Å². The molecule has 0 saturated heterocycles. The SMILES string of the molecule is Cc1c(C#N)c(NC(=O)CNC(c2ccccc2)c2ccccc2)n(Cc2ccco2)c1C. The van der Waals surface area contributed by atoms with Crippen LogP contribution in [-0.4, -0.2) is 17.0 Å². The molecular formula is C27H26N4O2. The second kappa shape index (κ2) is 10.0. The number of hydrogen-bond donors (Lipinski definition) is 2. The van der Waals surface area contributed by atoms with Crippen molar-refractivity contribution in [1.82, 2.24) is 9.88 Å². The Morgan fingerprint density at radius 3 is 2.18 bits per heavy atom. The highest BCUT2D eigenvalue weighted by Crippen LogP contribution is 2.27. The van der Waals surface area contributed by atoms with Gasteiger partial charge in [0.2, 0.25) is 5.91 Å². The molecule has 0 fully saturated rings. The zero-order valence-corrected chi connectivity index (χ0v) is 18.7. The Balaban J connectivity index is 1.55. The number of hydrogen-bond acceptors (Lipinski definition) is 4. The van der Waals surface area contributed by atoms with Crippen LogP contribution in [-0.2, 0) is 11.3 Å². The van der Waals surface area contributed by atoms with Crippen molar-refractivity contribution in [3.63, 3.8) is 0 Å². The Hall–Kier alpha value is -4.08. The lowest BCUT2D eigenvalue weighted by Crippen LogP contribution is -2.32. The molecule has 0 atom stereocenters. The number of amides is 1. The van der Waals surface area contributed by atoms with Gasteiger partial charge in [0, 0.05) is 5.69 Å². The standard InChI is InChI=1S/C27H26N4O2/c1-19-20(2)31(18-23-14-9-15-33-23)27(24(19)16-28)30-25(32)17-29-26(21-10-5-3-6-11-21)22-12-7-4-8-13-22/h3-15,26,29H,17-18H2,1-2H3,(H,30,32). The molecular weight excluding hydrogens is 412 g/mol. The predicted octanol–water partition coefficient (Wildman–Crippen LogP) is 4.94. The largest absolute Gasteiger partial charge is 0.467 e. The highest BCUT2D eigenvalue weighted by Gasteiger charge is 2.21. The van der Waals surface area contributed by atoms with Gasteiger partial charge in [-0.2, -0.15) is 5.26 Å². The van der Waals surface area contributed by atoms with Crippen molar-refractivity contribution in [2.75, 3.05) is 11.9 Å². The van der Waals surface area contributed by atoms with Gasteiger partial charge >= 0.3 is 0 Å². The Kier molecular flexibility index (Phi) is 6.72. The van der Waals surface area contributed by atoms with Crippen LogP contribution in [0.25, 0.3) is 0 Å². The van der Waals surface area contributed by atoms with Crippen LogP contribution in [0.15, 0.2) is 83.5 Å². The van der Waals surface area contributed by atoms with Crippen LogP contribution in [0.4, 0.5) is 5.82 Å². The average molecular weight is 439 g/mol. The number of rotatable bonds is 8. The molecule has 0 aliphatic carbocycles. The summed E-state index contributed by atoms with van der Waals surface area (Å²) >= 11 is 0. The number of aromatic nitrogens is 1. The summed E-state index contributed by atoms with van der Waals surface area (Å²) < 4.78 is 7.40. The Morgan fingerprint density at radius 1 is 1.00 bits per heavy atom. The van der Waals surface area contributed by atoms with Gasteiger partial charge in [0.1, 0.15) is 17.6 Å². The molecule has 0 unspecified atom stereocenters. The topological polar surface area (TPSA) is 83.0 Å². The molecule has 0 spiro atoms. The van der Waals surface area contributed by atoms with Crippen molar-refractivity contribution in [1.29, 1.82) is 5.26 Å². The molecule has 2 N–H and O–H groups in total. The lowest BCUT2D eigenvalue weighted by molar-refractivity contribution is -0.115. The van der Waals surface area contributed by atoms with Gasteiger partial charge < -0.3 is 14.3 Å². The maximum absolute atomic E-state index is 13.0. The molecule has 0 aliphatic rings. The van der Waals surface area contributed by atoms with Crippen LogP contribution in [0.3, 0.4) is 0 Å². The fourth-order valence-corrected chi connectivity index (χ4v) is 3.98. The Bertz CT molecular complexity index is 1210. The Morgan fingerprint density at radius 2 is 1.64 bits per heavy atom. The first-order valence-corrected chi connectivity index (χ1v) is 10.8. The van der Waals surface area contributed by atoms with Gasteiger partial charge in [-0.1, -0.05) is 60.7 Å². The van der Waals surface area contributed by atoms with E-state index < -0.39 is 0 Å². The number of anilines is 1. The van der Waals surface area contributed by atoms with Gasteiger partial charge in [-0.25, -0.2) is 0 Å². The monoisotopic (exact) mass is 438 g/mol. The van der Waals surface area contributed by atoms with Gasteiger partial charge in [0.25, 0.3) is 0 Å². The summed E-state index contributed by atoms with van der Waals surface area (Å²) in [4.78, 5) is 13.0. The Labute approximate surface area is 193 Å². The van der Waals surface area contributed by atoms with Gasteiger partial charge in [-0.05, 0) is 42.7 Å². The molecule has 0 saturated carbocycles. The number of carbonyl (C=O) groups excluding carboxylic acids is 1. The molecule has 166 valence electrons. The quantitative estimate of drug-likeness (QED) is 0.408. The third-order valence-electron chi connectivity index (χ3n) is 5.83. The van der Waals surface area contributed by atoms with E-state index in [9.17, 15) is 10.1 Å². The van der Waals surface area contributed by atoms with Gasteiger partial charge in [0.05, 0.1) is 31.0 Å². The molecule has 2 aromatic heterocycles. The first-order valence-electron chi connectivity index (χ1n) is 10.8. The predicted molar refractivity (Wildman–Crippen MR) is 128 cm³/mol. The molecule has 2 heterocycles. The summed E-state index contributed by atoms with van der Waals surface area (Å²) in [5.74, 6) is 1.02. The van der Waals surface area contributed by atoms with E-state index in [1.807, 2.05) is 91.2 Å². The van der Waals surface area contributed by atoms with E-state index in [1.165, 1.54) is 0 Å². The van der Waals surface area contributed by atoms with Crippen LogP contribution in [0.5, 0.6) is 0 Å². The van der Waals surface area contributed by atoms with Crippen molar-refractivity contribution >= 4 is 11.7 Å². The number of carbonyl (C=O) groups is 1. The molecule has 33 heavy (non-hydrogen) atoms. The van der Waals surface area contributed by atoms with Crippen molar-refractivity contribution in [2.45, 2.75) is 26.4 Å². The number of nitrogens with zero attached hydrogens (tertiary/aromatic N) is 2. The van der Waals surface area contributed by atoms with Crippen LogP contribution in [0.2, 0.25) is 0 Å². The molecule has 2 aromatic carbocycles. The highest BCUT2D eigenvalue weighted by atomic mass is 16.3. The minimum Gasteiger partial charge on any atom is -0.467 e. The zero-order valence-electron chi connectivity index (χ0n) is 18.7. The van der Waals surface area contributed by atoms with Crippen LogP contribution in [0, 0.1) is 25.2 Å². The van der Waals surface area contributed by atoms with Crippen LogP contribution < -0.4 is 10.6 Å². The molecule has 0 bridgehead atoms. The normalized spacial score (nSPS) is 10.8. The van der Waals surface area contributed by atoms with Gasteiger partial charge in [-0.3, -0.25) is 10.1 Å². The molecule has 0 radical (unpaired) electrons. The first kappa shape index (κ1) is 22.1. The van der Waals surface area contributed by atoms with E-state index >= 15 is 0 Å². The van der Waals surface area contributed by atoms with Gasteiger partial charge in [-0.15, -0.1) is 0 Å². The summed E-state index contributed by atoms with van der Waals surface area (Å²) in [6.07, 6.45) is 1.61. The van der Waals surface area contributed by atoms with E-state index in [0.717, 1.165) is 28.1 Å². The number of furan rings is 1. The van der Waals surface area contributed by atoms with E-state index in [-0.39, 0.29) is 18.5 Å². The summed E-state index contributed by atoms with van der Waals surface area (Å²) in [6, 6.07) is 25.8. The van der Waals surface area contributed by atoms with E-state index in [4.69, 9.17) is 4.42 Å². The molecule has 6 heteroatoms. The average Bonchev–Trinajstić information content (AvgIpc) is 3.43. The second-order valence-electron chi connectivity index (χ2n) is 7.89. The third kappa shape index (κ3) is 4.89.